The zero-order chi connectivity index (χ0) is 30.6. The van der Waals surface area contributed by atoms with Crippen molar-refractivity contribution in [1.29, 1.82) is 0 Å². The maximum Gasteiger partial charge on any atom is 0.281 e. The summed E-state index contributed by atoms with van der Waals surface area (Å²) in [6.07, 6.45) is 4.49. The first-order valence-corrected chi connectivity index (χ1v) is 16.3. The van der Waals surface area contributed by atoms with E-state index >= 15 is 0 Å². The van der Waals surface area contributed by atoms with Gasteiger partial charge in [0.25, 0.3) is 11.8 Å². The van der Waals surface area contributed by atoms with Gasteiger partial charge in [0.2, 0.25) is 17.5 Å². The number of fused-ring (bicyclic) bond motifs is 5. The molecule has 43 heavy (non-hydrogen) atoms. The first kappa shape index (κ1) is 29.0. The van der Waals surface area contributed by atoms with Gasteiger partial charge < -0.3 is 20.3 Å². The zero-order valence-electron chi connectivity index (χ0n) is 25.3. The summed E-state index contributed by atoms with van der Waals surface area (Å²) in [6.45, 7) is 8.57. The summed E-state index contributed by atoms with van der Waals surface area (Å²) < 4.78 is 7.43. The Bertz CT molecular complexity index is 1570. The number of ether oxygens (including phenoxy) is 1. The quantitative estimate of drug-likeness (QED) is 0.456. The minimum atomic E-state index is -2.01. The van der Waals surface area contributed by atoms with Gasteiger partial charge in [-0.1, -0.05) is 45.9 Å². The van der Waals surface area contributed by atoms with Crippen molar-refractivity contribution in [2.75, 3.05) is 20.1 Å². The third-order valence-electron chi connectivity index (χ3n) is 10.3. The lowest BCUT2D eigenvalue weighted by molar-refractivity contribution is -0.322. The second-order valence-corrected chi connectivity index (χ2v) is 14.5. The number of likely N-dealkylation sites (N-methyl/N-ethyl adjacent to an activating group) is 1. The number of carbonyl (C=O) groups is 3. The summed E-state index contributed by atoms with van der Waals surface area (Å²) in [7, 11) is 2.03. The summed E-state index contributed by atoms with van der Waals surface area (Å²) in [5.41, 5.74) is 2.68. The summed E-state index contributed by atoms with van der Waals surface area (Å²) >= 11 is 3.70. The van der Waals surface area contributed by atoms with Gasteiger partial charge in [0.15, 0.2) is 0 Å². The van der Waals surface area contributed by atoms with Crippen LogP contribution in [-0.2, 0) is 25.5 Å². The molecule has 0 spiro atoms. The summed E-state index contributed by atoms with van der Waals surface area (Å²) in [5, 5.41) is 16.3. The number of benzene rings is 1. The van der Waals surface area contributed by atoms with Gasteiger partial charge in [-0.2, -0.15) is 0 Å². The number of rotatable bonds is 5. The van der Waals surface area contributed by atoms with Crippen molar-refractivity contribution in [2.45, 2.75) is 83.1 Å². The van der Waals surface area contributed by atoms with Gasteiger partial charge in [-0.05, 0) is 77.3 Å². The Kier molecular flexibility index (Phi) is 6.67. The molecule has 10 nitrogen and oxygen atoms in total. The number of amides is 3. The highest BCUT2D eigenvalue weighted by atomic mass is 79.9. The van der Waals surface area contributed by atoms with E-state index in [1.807, 2.05) is 33.0 Å². The van der Waals surface area contributed by atoms with Crippen molar-refractivity contribution in [2.24, 2.45) is 17.8 Å². The van der Waals surface area contributed by atoms with Crippen molar-refractivity contribution in [1.82, 2.24) is 25.0 Å². The van der Waals surface area contributed by atoms with Gasteiger partial charge in [0.05, 0.1) is 10.5 Å². The van der Waals surface area contributed by atoms with Crippen molar-refractivity contribution in [3.05, 3.63) is 40.0 Å². The molecule has 6 atom stereocenters. The molecule has 230 valence electrons. The minimum absolute atomic E-state index is 0.104. The number of aliphatic hydroxyl groups is 1. The zero-order valence-corrected chi connectivity index (χ0v) is 26.9. The Morgan fingerprint density at radius 3 is 2.74 bits per heavy atom. The molecule has 7 rings (SSSR count). The van der Waals surface area contributed by atoms with Crippen LogP contribution in [0.2, 0.25) is 0 Å². The molecular weight excluding hydrogens is 614 g/mol. The number of halogens is 1. The third kappa shape index (κ3) is 4.04. The van der Waals surface area contributed by atoms with Crippen LogP contribution in [0.5, 0.6) is 0 Å². The lowest BCUT2D eigenvalue weighted by Gasteiger charge is -2.49. The first-order chi connectivity index (χ1) is 20.4. The Morgan fingerprint density at radius 1 is 1.26 bits per heavy atom. The van der Waals surface area contributed by atoms with Gasteiger partial charge in [-0.15, -0.1) is 0 Å². The number of aromatic amines is 1. The second kappa shape index (κ2) is 9.89. The lowest BCUT2D eigenvalue weighted by Crippen LogP contribution is -2.71. The highest BCUT2D eigenvalue weighted by Gasteiger charge is 2.72. The largest absolute Gasteiger partial charge is 0.349 e. The topological polar surface area (TPSA) is 118 Å². The Balaban J connectivity index is 1.25. The van der Waals surface area contributed by atoms with Crippen LogP contribution in [0.25, 0.3) is 16.5 Å². The van der Waals surface area contributed by atoms with E-state index in [2.05, 4.69) is 43.3 Å². The standard InChI is InChI=1S/C32H40BrN5O5/c1-16(2)12-24-29(40)37-11-7-10-25(37)32(42)38(24)30(41)31(43-32,17(3)4)35-28(39)18-13-20-19-8-6-9-22-26(19)21(27(33)34-22)14-23(20)36(5)15-18/h6,8-9,13,16-18,23-25,34,42H,7,10-12,14-15H2,1-5H3,(H,35,39)/t18?,23-,24+,25+,31?,32+/m1/s1. The second-order valence-electron chi connectivity index (χ2n) is 13.7. The minimum Gasteiger partial charge on any atom is -0.349 e. The normalized spacial score (nSPS) is 33.7. The number of H-pyrrole nitrogens is 1. The Morgan fingerprint density at radius 2 is 2.02 bits per heavy atom. The van der Waals surface area contributed by atoms with Gasteiger partial charge in [0, 0.05) is 36.0 Å². The fourth-order valence-electron chi connectivity index (χ4n) is 8.15. The van der Waals surface area contributed by atoms with Crippen LogP contribution in [0.3, 0.4) is 0 Å². The summed E-state index contributed by atoms with van der Waals surface area (Å²) in [4.78, 5) is 50.8. The molecule has 5 heterocycles. The molecule has 3 N–H and O–H groups in total. The molecule has 2 unspecified atom stereocenters. The van der Waals surface area contributed by atoms with Gasteiger partial charge in [-0.25, -0.2) is 0 Å². The monoisotopic (exact) mass is 653 g/mol. The van der Waals surface area contributed by atoms with Crippen molar-refractivity contribution in [3.8, 4) is 0 Å². The van der Waals surface area contributed by atoms with Crippen LogP contribution in [-0.4, -0.2) is 92.4 Å². The number of carbonyl (C=O) groups excluding carboxylic acids is 3. The molecule has 1 aromatic heterocycles. The van der Waals surface area contributed by atoms with E-state index in [1.165, 1.54) is 15.8 Å². The Labute approximate surface area is 259 Å². The fraction of sp³-hybridized carbons (Fsp3) is 0.594. The molecule has 0 bridgehead atoms. The number of nitrogens with zero attached hydrogens (tertiary/aromatic N) is 3. The van der Waals surface area contributed by atoms with Gasteiger partial charge >= 0.3 is 0 Å². The fourth-order valence-corrected chi connectivity index (χ4v) is 8.72. The Hall–Kier alpha value is -2.73. The van der Waals surface area contributed by atoms with Crippen LogP contribution in [0.1, 0.15) is 58.1 Å². The van der Waals surface area contributed by atoms with Gasteiger partial charge in [-0.3, -0.25) is 28.9 Å². The molecule has 1 aliphatic carbocycles. The molecule has 3 amide bonds. The highest BCUT2D eigenvalue weighted by Crippen LogP contribution is 2.49. The first-order valence-electron chi connectivity index (χ1n) is 15.5. The van der Waals surface area contributed by atoms with E-state index in [1.54, 1.807) is 18.7 Å². The molecule has 3 fully saturated rings. The molecule has 0 radical (unpaired) electrons. The van der Waals surface area contributed by atoms with E-state index < -0.39 is 41.5 Å². The van der Waals surface area contributed by atoms with E-state index in [-0.39, 0.29) is 23.8 Å². The molecule has 11 heteroatoms. The maximum absolute atomic E-state index is 14.4. The maximum atomic E-state index is 14.4. The van der Waals surface area contributed by atoms with Crippen LogP contribution in [0.4, 0.5) is 0 Å². The number of hydrogen-bond donors (Lipinski definition) is 3. The molecule has 0 saturated carbocycles. The SMILES string of the molecule is CC(C)C[C@H]1C(=O)N2CCC[C@H]2[C@]2(O)OC(NC(=O)C3C=C4c5cccc6[nH]c(Br)c(c56)C[C@H]4N(C)C3)(C(C)C)C(=O)N12. The van der Waals surface area contributed by atoms with Gasteiger partial charge in [0.1, 0.15) is 12.1 Å². The molecule has 1 aromatic carbocycles. The molecular formula is C32H40BrN5O5. The number of piperazine rings is 1. The van der Waals surface area contributed by atoms with E-state index in [9.17, 15) is 19.5 Å². The van der Waals surface area contributed by atoms with Crippen molar-refractivity contribution in [3.63, 3.8) is 0 Å². The average Bonchev–Trinajstić information content (AvgIpc) is 3.63. The van der Waals surface area contributed by atoms with Crippen LogP contribution in [0.15, 0.2) is 28.9 Å². The molecule has 4 aliphatic heterocycles. The summed E-state index contributed by atoms with van der Waals surface area (Å²) in [6, 6.07) is 4.76. The van der Waals surface area contributed by atoms with E-state index in [4.69, 9.17) is 4.74 Å². The number of aromatic nitrogens is 1. The van der Waals surface area contributed by atoms with Crippen LogP contribution >= 0.6 is 15.9 Å². The van der Waals surface area contributed by atoms with E-state index in [0.29, 0.717) is 25.9 Å². The predicted octanol–water partition coefficient (Wildman–Crippen LogP) is 3.19. The number of nitrogens with one attached hydrogen (secondary N) is 2. The van der Waals surface area contributed by atoms with E-state index in [0.717, 1.165) is 34.1 Å². The average molecular weight is 655 g/mol. The third-order valence-corrected chi connectivity index (χ3v) is 10.9. The highest BCUT2D eigenvalue weighted by molar-refractivity contribution is 9.10. The molecule has 3 saturated heterocycles. The number of hydrogen-bond acceptors (Lipinski definition) is 6. The van der Waals surface area contributed by atoms with Crippen molar-refractivity contribution < 1.29 is 24.2 Å². The summed E-state index contributed by atoms with van der Waals surface area (Å²) in [5.74, 6) is -4.01. The predicted molar refractivity (Wildman–Crippen MR) is 164 cm³/mol. The molecule has 2 aromatic rings. The van der Waals surface area contributed by atoms with Crippen molar-refractivity contribution >= 4 is 50.1 Å². The van der Waals surface area contributed by atoms with Crippen LogP contribution in [0, 0.1) is 17.8 Å². The van der Waals surface area contributed by atoms with Crippen LogP contribution < -0.4 is 5.32 Å². The smallest absolute Gasteiger partial charge is 0.281 e. The lowest BCUT2D eigenvalue weighted by atomic mass is 9.79. The molecule has 5 aliphatic rings.